The molecule has 2 aromatic heterocycles. The Morgan fingerprint density at radius 2 is 1.97 bits per heavy atom. The number of aromatic nitrogens is 4. The summed E-state index contributed by atoms with van der Waals surface area (Å²) in [6.45, 7) is 0. The van der Waals surface area contributed by atoms with Crippen LogP contribution in [0.25, 0.3) is 16.9 Å². The van der Waals surface area contributed by atoms with E-state index < -0.39 is 5.82 Å². The lowest BCUT2D eigenvalue weighted by atomic mass is 9.85. The number of carbonyl (C=O) groups is 1. The van der Waals surface area contributed by atoms with Gasteiger partial charge in [0.1, 0.15) is 11.5 Å². The highest BCUT2D eigenvalue weighted by molar-refractivity contribution is 5.76. The summed E-state index contributed by atoms with van der Waals surface area (Å²) in [7, 11) is 0. The zero-order valence-corrected chi connectivity index (χ0v) is 15.6. The normalized spacial score (nSPS) is 19.1. The molecule has 0 unspecified atom stereocenters. The molecule has 9 heteroatoms. The monoisotopic (exact) mass is 398 g/mol. The second-order valence-electron chi connectivity index (χ2n) is 7.15. The van der Waals surface area contributed by atoms with Gasteiger partial charge >= 0.3 is 0 Å². The number of carbonyl (C=O) groups excluding carboxylic acids is 1. The van der Waals surface area contributed by atoms with E-state index in [-0.39, 0.29) is 35.3 Å². The molecule has 0 saturated heterocycles. The van der Waals surface area contributed by atoms with E-state index in [0.29, 0.717) is 17.7 Å². The highest BCUT2D eigenvalue weighted by Crippen LogP contribution is 2.27. The van der Waals surface area contributed by atoms with Crippen LogP contribution in [0.4, 0.5) is 14.7 Å². The second kappa shape index (κ2) is 7.94. The number of anilines is 1. The van der Waals surface area contributed by atoms with Crippen LogP contribution >= 0.6 is 0 Å². The third kappa shape index (κ3) is 4.23. The van der Waals surface area contributed by atoms with Gasteiger partial charge in [-0.1, -0.05) is 6.42 Å². The van der Waals surface area contributed by atoms with Crippen LogP contribution in [0.2, 0.25) is 0 Å². The Morgan fingerprint density at radius 1 is 1.17 bits per heavy atom. The first-order valence-corrected chi connectivity index (χ1v) is 9.39. The highest BCUT2D eigenvalue weighted by atomic mass is 19.1. The Labute approximate surface area is 166 Å². The predicted molar refractivity (Wildman–Crippen MR) is 103 cm³/mol. The van der Waals surface area contributed by atoms with Gasteiger partial charge in [-0.05, 0) is 43.5 Å². The van der Waals surface area contributed by atoms with E-state index in [2.05, 4.69) is 20.4 Å². The van der Waals surface area contributed by atoms with E-state index in [1.165, 1.54) is 23.0 Å². The van der Waals surface area contributed by atoms with Crippen molar-refractivity contribution in [3.63, 3.8) is 0 Å². The van der Waals surface area contributed by atoms with Gasteiger partial charge in [-0.3, -0.25) is 4.79 Å². The second-order valence-corrected chi connectivity index (χ2v) is 7.15. The van der Waals surface area contributed by atoms with Crippen LogP contribution in [0, 0.1) is 17.6 Å². The number of nitrogens with zero attached hydrogens (tertiary/aromatic N) is 4. The fourth-order valence-corrected chi connectivity index (χ4v) is 3.58. The van der Waals surface area contributed by atoms with E-state index in [0.717, 1.165) is 25.5 Å². The standard InChI is InChI=1S/C20H20F2N6O/c21-14-4-6-16(7-5-14)28-11-13(9-25-28)18-17(22)10-24-20(27-18)26-15-3-1-2-12(8-15)19(23)29/h4-7,9-12,15H,1-3,8H2,(H2,23,29)(H,24,26,27)/t12-,15+/m0/s1. The van der Waals surface area contributed by atoms with Gasteiger partial charge < -0.3 is 11.1 Å². The molecule has 3 aromatic rings. The van der Waals surface area contributed by atoms with Crippen LogP contribution in [0.5, 0.6) is 0 Å². The molecule has 1 aliphatic carbocycles. The summed E-state index contributed by atoms with van der Waals surface area (Å²) in [5, 5.41) is 7.39. The molecule has 1 aliphatic rings. The minimum Gasteiger partial charge on any atom is -0.369 e. The van der Waals surface area contributed by atoms with Crippen molar-refractivity contribution in [2.75, 3.05) is 5.32 Å². The topological polar surface area (TPSA) is 98.7 Å². The van der Waals surface area contributed by atoms with Crippen molar-refractivity contribution in [3.05, 3.63) is 54.5 Å². The molecule has 2 heterocycles. The summed E-state index contributed by atoms with van der Waals surface area (Å²) < 4.78 is 29.0. The average Bonchev–Trinajstić information content (AvgIpc) is 3.20. The first-order valence-electron chi connectivity index (χ1n) is 9.39. The summed E-state index contributed by atoms with van der Waals surface area (Å²) in [5.74, 6) is -1.11. The highest BCUT2D eigenvalue weighted by Gasteiger charge is 2.26. The number of hydrogen-bond acceptors (Lipinski definition) is 5. The number of hydrogen-bond donors (Lipinski definition) is 2. The molecule has 0 bridgehead atoms. The van der Waals surface area contributed by atoms with Crippen LogP contribution in [0.1, 0.15) is 25.7 Å². The molecule has 0 radical (unpaired) electrons. The number of primary amides is 1. The minimum atomic E-state index is -0.576. The molecule has 1 amide bonds. The zero-order chi connectivity index (χ0) is 20.4. The molecule has 2 atom stereocenters. The van der Waals surface area contributed by atoms with E-state index in [9.17, 15) is 13.6 Å². The van der Waals surface area contributed by atoms with Gasteiger partial charge in [-0.25, -0.2) is 23.4 Å². The zero-order valence-electron chi connectivity index (χ0n) is 15.6. The van der Waals surface area contributed by atoms with Crippen molar-refractivity contribution in [1.29, 1.82) is 0 Å². The molecule has 1 saturated carbocycles. The summed E-state index contributed by atoms with van der Waals surface area (Å²) in [6, 6.07) is 5.81. The van der Waals surface area contributed by atoms with Gasteiger partial charge in [0.05, 0.1) is 18.1 Å². The van der Waals surface area contributed by atoms with Crippen molar-refractivity contribution in [2.45, 2.75) is 31.7 Å². The smallest absolute Gasteiger partial charge is 0.223 e. The number of halogens is 2. The van der Waals surface area contributed by atoms with E-state index in [4.69, 9.17) is 5.73 Å². The Morgan fingerprint density at radius 3 is 2.72 bits per heavy atom. The molecule has 29 heavy (non-hydrogen) atoms. The van der Waals surface area contributed by atoms with Gasteiger partial charge in [-0.15, -0.1) is 0 Å². The predicted octanol–water partition coefficient (Wildman–Crippen LogP) is 3.06. The molecule has 7 nitrogen and oxygen atoms in total. The van der Waals surface area contributed by atoms with Crippen molar-refractivity contribution >= 4 is 11.9 Å². The largest absolute Gasteiger partial charge is 0.369 e. The van der Waals surface area contributed by atoms with Crippen molar-refractivity contribution in [3.8, 4) is 16.9 Å². The summed E-state index contributed by atoms with van der Waals surface area (Å²) in [4.78, 5) is 19.8. The number of nitrogens with two attached hydrogens (primary N) is 1. The molecule has 150 valence electrons. The van der Waals surface area contributed by atoms with Crippen LogP contribution < -0.4 is 11.1 Å². The van der Waals surface area contributed by atoms with Crippen molar-refractivity contribution in [2.24, 2.45) is 11.7 Å². The molecule has 0 spiro atoms. The fraction of sp³-hybridized carbons (Fsp3) is 0.300. The SMILES string of the molecule is NC(=O)[C@H]1CCC[C@@H](Nc2ncc(F)c(-c3cnn(-c4ccc(F)cc4)c3)n2)C1. The van der Waals surface area contributed by atoms with Crippen molar-refractivity contribution < 1.29 is 13.6 Å². The quantitative estimate of drug-likeness (QED) is 0.688. The van der Waals surface area contributed by atoms with E-state index in [1.807, 2.05) is 0 Å². The number of rotatable bonds is 5. The average molecular weight is 398 g/mol. The van der Waals surface area contributed by atoms with Crippen LogP contribution in [0.3, 0.4) is 0 Å². The Balaban J connectivity index is 1.54. The van der Waals surface area contributed by atoms with Crippen LogP contribution in [0.15, 0.2) is 42.9 Å². The summed E-state index contributed by atoms with van der Waals surface area (Å²) in [5.41, 5.74) is 6.65. The minimum absolute atomic E-state index is 0.00139. The van der Waals surface area contributed by atoms with Crippen molar-refractivity contribution in [1.82, 2.24) is 19.7 Å². The Bertz CT molecular complexity index is 1020. The number of nitrogens with one attached hydrogen (secondary N) is 1. The summed E-state index contributed by atoms with van der Waals surface area (Å²) >= 11 is 0. The van der Waals surface area contributed by atoms with Gasteiger partial charge in [-0.2, -0.15) is 5.10 Å². The summed E-state index contributed by atoms with van der Waals surface area (Å²) in [6.07, 6.45) is 7.34. The fourth-order valence-electron chi connectivity index (χ4n) is 3.58. The maximum atomic E-state index is 14.4. The lowest BCUT2D eigenvalue weighted by molar-refractivity contribution is -0.122. The Hall–Kier alpha value is -3.36. The maximum absolute atomic E-state index is 14.4. The first-order chi connectivity index (χ1) is 14.0. The molecular weight excluding hydrogens is 378 g/mol. The number of amides is 1. The van der Waals surface area contributed by atoms with E-state index >= 15 is 0 Å². The third-order valence-electron chi connectivity index (χ3n) is 5.10. The Kier molecular flexibility index (Phi) is 5.20. The molecule has 0 aliphatic heterocycles. The first kappa shape index (κ1) is 19.0. The van der Waals surface area contributed by atoms with Crippen LogP contribution in [-0.2, 0) is 4.79 Å². The van der Waals surface area contributed by atoms with Gasteiger partial charge in [0, 0.05) is 23.7 Å². The lowest BCUT2D eigenvalue weighted by Crippen LogP contribution is -2.34. The third-order valence-corrected chi connectivity index (χ3v) is 5.10. The van der Waals surface area contributed by atoms with E-state index in [1.54, 1.807) is 18.3 Å². The van der Waals surface area contributed by atoms with Crippen LogP contribution in [-0.4, -0.2) is 31.7 Å². The lowest BCUT2D eigenvalue weighted by Gasteiger charge is -2.27. The van der Waals surface area contributed by atoms with Gasteiger partial charge in [0.2, 0.25) is 11.9 Å². The molecule has 4 rings (SSSR count). The molecule has 3 N–H and O–H groups in total. The maximum Gasteiger partial charge on any atom is 0.223 e. The molecule has 1 fully saturated rings. The van der Waals surface area contributed by atoms with Gasteiger partial charge in [0.25, 0.3) is 0 Å². The molecular formula is C20H20F2N6O. The van der Waals surface area contributed by atoms with Gasteiger partial charge in [0.15, 0.2) is 5.82 Å². The molecule has 1 aromatic carbocycles. The number of benzene rings is 1.